The molecule has 0 saturated heterocycles. The van der Waals surface area contributed by atoms with Gasteiger partial charge in [0.05, 0.1) is 7.11 Å². The molecule has 0 aliphatic carbocycles. The molecular weight excluding hydrogens is 382 g/mol. The molecule has 0 bridgehead atoms. The Balaban J connectivity index is 1.57. The van der Waals surface area contributed by atoms with Gasteiger partial charge < -0.3 is 19.2 Å². The van der Waals surface area contributed by atoms with Crippen molar-refractivity contribution in [3.63, 3.8) is 0 Å². The smallest absolute Gasteiger partial charge is 0.375 e. The van der Waals surface area contributed by atoms with Crippen molar-refractivity contribution in [2.24, 2.45) is 0 Å². The Labute approximate surface area is 176 Å². The minimum Gasteiger partial charge on any atom is -0.497 e. The lowest BCUT2D eigenvalue weighted by Crippen LogP contribution is -2.41. The fraction of sp³-hybridized carbons (Fsp3) is 0.333. The molecule has 0 aliphatic heterocycles. The van der Waals surface area contributed by atoms with Crippen LogP contribution in [0.2, 0.25) is 0 Å². The number of rotatable bonds is 8. The second-order valence-electron chi connectivity index (χ2n) is 7.40. The van der Waals surface area contributed by atoms with Crippen LogP contribution >= 0.6 is 0 Å². The lowest BCUT2D eigenvalue weighted by molar-refractivity contribution is -0.129. The van der Waals surface area contributed by atoms with E-state index in [0.717, 1.165) is 18.2 Å². The largest absolute Gasteiger partial charge is 0.497 e. The van der Waals surface area contributed by atoms with E-state index in [2.05, 4.69) is 17.4 Å². The molecule has 158 valence electrons. The Kier molecular flexibility index (Phi) is 6.77. The summed E-state index contributed by atoms with van der Waals surface area (Å²) in [7, 11) is 1.58. The van der Waals surface area contributed by atoms with Crippen LogP contribution in [0.15, 0.2) is 52.9 Å². The zero-order valence-corrected chi connectivity index (χ0v) is 17.7. The van der Waals surface area contributed by atoms with Crippen LogP contribution in [0, 0.1) is 6.92 Å². The van der Waals surface area contributed by atoms with E-state index in [9.17, 15) is 9.59 Å². The quantitative estimate of drug-likeness (QED) is 0.557. The highest BCUT2D eigenvalue weighted by atomic mass is 16.6. The van der Waals surface area contributed by atoms with Crippen LogP contribution in [0.5, 0.6) is 5.75 Å². The van der Waals surface area contributed by atoms with Gasteiger partial charge in [0.15, 0.2) is 6.10 Å². The topological polar surface area (TPSA) is 77.8 Å². The zero-order chi connectivity index (χ0) is 21.7. The molecule has 30 heavy (non-hydrogen) atoms. The van der Waals surface area contributed by atoms with Crippen LogP contribution in [-0.2, 0) is 16.0 Å². The molecule has 1 heterocycles. The Morgan fingerprint density at radius 3 is 2.53 bits per heavy atom. The Bertz CT molecular complexity index is 1020. The van der Waals surface area contributed by atoms with E-state index in [1.807, 2.05) is 25.1 Å². The SMILES string of the molecule is COc1ccc2oc(C(=O)O[C@@H](C)C(=O)N[C@@H](C)CCc3ccccc3)c(C)c2c1. The first-order valence-electron chi connectivity index (χ1n) is 10.0. The van der Waals surface area contributed by atoms with Crippen molar-refractivity contribution in [1.82, 2.24) is 5.32 Å². The van der Waals surface area contributed by atoms with Crippen molar-refractivity contribution >= 4 is 22.8 Å². The van der Waals surface area contributed by atoms with Crippen LogP contribution in [0.1, 0.15) is 41.9 Å². The number of methoxy groups -OCH3 is 1. The molecule has 1 aromatic heterocycles. The number of benzene rings is 2. The number of amides is 1. The van der Waals surface area contributed by atoms with Crippen LogP contribution < -0.4 is 10.1 Å². The maximum absolute atomic E-state index is 12.6. The van der Waals surface area contributed by atoms with E-state index >= 15 is 0 Å². The average molecular weight is 409 g/mol. The second-order valence-corrected chi connectivity index (χ2v) is 7.40. The van der Waals surface area contributed by atoms with E-state index in [1.165, 1.54) is 5.56 Å². The molecule has 6 nitrogen and oxygen atoms in total. The summed E-state index contributed by atoms with van der Waals surface area (Å²) in [6.07, 6.45) is 0.720. The van der Waals surface area contributed by atoms with Crippen molar-refractivity contribution in [1.29, 1.82) is 0 Å². The van der Waals surface area contributed by atoms with E-state index in [-0.39, 0.29) is 17.7 Å². The van der Waals surface area contributed by atoms with E-state index < -0.39 is 12.1 Å². The van der Waals surface area contributed by atoms with Gasteiger partial charge in [-0.3, -0.25) is 4.79 Å². The molecule has 2 aromatic carbocycles. The van der Waals surface area contributed by atoms with E-state index in [0.29, 0.717) is 16.9 Å². The third kappa shape index (κ3) is 5.00. The summed E-state index contributed by atoms with van der Waals surface area (Å²) >= 11 is 0. The standard InChI is InChI=1S/C24H27NO5/c1-15(10-11-18-8-6-5-7-9-18)25-23(26)17(3)29-24(27)22-16(2)20-14-19(28-4)12-13-21(20)30-22/h5-9,12-15,17H,10-11H2,1-4H3,(H,25,26)/t15-,17-/m0/s1. The number of carbonyl (C=O) groups excluding carboxylic acids is 2. The highest BCUT2D eigenvalue weighted by Gasteiger charge is 2.25. The maximum Gasteiger partial charge on any atom is 0.375 e. The third-order valence-electron chi connectivity index (χ3n) is 5.08. The lowest BCUT2D eigenvalue weighted by atomic mass is 10.1. The molecule has 0 saturated carbocycles. The van der Waals surface area contributed by atoms with Crippen molar-refractivity contribution in [2.45, 2.75) is 45.8 Å². The first-order valence-corrected chi connectivity index (χ1v) is 10.0. The Morgan fingerprint density at radius 2 is 1.83 bits per heavy atom. The van der Waals surface area contributed by atoms with E-state index in [4.69, 9.17) is 13.9 Å². The average Bonchev–Trinajstić information content (AvgIpc) is 3.08. The summed E-state index contributed by atoms with van der Waals surface area (Å²) in [5.41, 5.74) is 2.43. The molecule has 3 rings (SSSR count). The molecule has 0 spiro atoms. The van der Waals surface area contributed by atoms with Gasteiger partial charge >= 0.3 is 5.97 Å². The lowest BCUT2D eigenvalue weighted by Gasteiger charge is -2.17. The Hall–Kier alpha value is -3.28. The van der Waals surface area contributed by atoms with Gasteiger partial charge in [-0.05, 0) is 57.4 Å². The van der Waals surface area contributed by atoms with Gasteiger partial charge in [-0.2, -0.15) is 0 Å². The highest BCUT2D eigenvalue weighted by Crippen LogP contribution is 2.29. The highest BCUT2D eigenvalue weighted by molar-refractivity contribution is 5.97. The van der Waals surface area contributed by atoms with Gasteiger partial charge in [-0.1, -0.05) is 30.3 Å². The summed E-state index contributed by atoms with van der Waals surface area (Å²) in [6.45, 7) is 5.27. The monoisotopic (exact) mass is 409 g/mol. The number of esters is 1. The molecule has 1 amide bonds. The fourth-order valence-electron chi connectivity index (χ4n) is 3.25. The number of nitrogens with one attached hydrogen (secondary N) is 1. The Morgan fingerprint density at radius 1 is 1.10 bits per heavy atom. The molecule has 3 aromatic rings. The van der Waals surface area contributed by atoms with Gasteiger partial charge in [0, 0.05) is 17.0 Å². The van der Waals surface area contributed by atoms with Crippen LogP contribution in [0.3, 0.4) is 0 Å². The van der Waals surface area contributed by atoms with Crippen molar-refractivity contribution in [3.05, 3.63) is 65.4 Å². The number of ether oxygens (including phenoxy) is 2. The van der Waals surface area contributed by atoms with Crippen LogP contribution in [-0.4, -0.2) is 31.1 Å². The number of fused-ring (bicyclic) bond motifs is 1. The van der Waals surface area contributed by atoms with Crippen molar-refractivity contribution < 1.29 is 23.5 Å². The number of hydrogen-bond acceptors (Lipinski definition) is 5. The fourth-order valence-corrected chi connectivity index (χ4v) is 3.25. The van der Waals surface area contributed by atoms with Gasteiger partial charge in [0.2, 0.25) is 5.76 Å². The van der Waals surface area contributed by atoms with Gasteiger partial charge in [0.25, 0.3) is 5.91 Å². The number of hydrogen-bond donors (Lipinski definition) is 1. The molecule has 0 unspecified atom stereocenters. The summed E-state index contributed by atoms with van der Waals surface area (Å²) in [4.78, 5) is 25.0. The predicted octanol–water partition coefficient (Wildman–Crippen LogP) is 4.43. The van der Waals surface area contributed by atoms with Gasteiger partial charge in [-0.25, -0.2) is 4.79 Å². The minimum absolute atomic E-state index is 0.0424. The van der Waals surface area contributed by atoms with E-state index in [1.54, 1.807) is 39.2 Å². The first kappa shape index (κ1) is 21.4. The molecule has 0 aliphatic rings. The minimum atomic E-state index is -0.932. The normalized spacial score (nSPS) is 12.9. The molecule has 1 N–H and O–H groups in total. The van der Waals surface area contributed by atoms with Gasteiger partial charge in [0.1, 0.15) is 11.3 Å². The summed E-state index contributed by atoms with van der Waals surface area (Å²) in [5.74, 6) is -0.236. The molecule has 6 heteroatoms. The van der Waals surface area contributed by atoms with Crippen LogP contribution in [0.25, 0.3) is 11.0 Å². The third-order valence-corrected chi connectivity index (χ3v) is 5.08. The molecule has 0 fully saturated rings. The predicted molar refractivity (Wildman–Crippen MR) is 115 cm³/mol. The first-order chi connectivity index (χ1) is 14.4. The van der Waals surface area contributed by atoms with Crippen molar-refractivity contribution in [3.8, 4) is 5.75 Å². The zero-order valence-electron chi connectivity index (χ0n) is 17.7. The number of aryl methyl sites for hydroxylation is 2. The van der Waals surface area contributed by atoms with Gasteiger partial charge in [-0.15, -0.1) is 0 Å². The number of furan rings is 1. The summed E-state index contributed by atoms with van der Waals surface area (Å²) in [5, 5.41) is 3.67. The van der Waals surface area contributed by atoms with Crippen LogP contribution in [0.4, 0.5) is 0 Å². The molecular formula is C24H27NO5. The number of carbonyl (C=O) groups is 2. The molecule has 2 atom stereocenters. The summed E-state index contributed by atoms with van der Waals surface area (Å²) in [6, 6.07) is 15.3. The van der Waals surface area contributed by atoms with Crippen molar-refractivity contribution in [2.75, 3.05) is 7.11 Å². The second kappa shape index (κ2) is 9.48. The maximum atomic E-state index is 12.6. The summed E-state index contributed by atoms with van der Waals surface area (Å²) < 4.78 is 16.2. The molecule has 0 radical (unpaired) electrons.